The van der Waals surface area contributed by atoms with Crippen molar-refractivity contribution in [2.75, 3.05) is 12.4 Å². The van der Waals surface area contributed by atoms with Gasteiger partial charge in [0, 0.05) is 11.7 Å². The number of nitrogens with one attached hydrogen (secondary N) is 1. The number of rotatable bonds is 4. The lowest BCUT2D eigenvalue weighted by atomic mass is 10.1. The molecule has 1 N–H and O–H groups in total. The Labute approximate surface area is 113 Å². The molecule has 2 aromatic rings. The van der Waals surface area contributed by atoms with E-state index in [1.807, 2.05) is 42.5 Å². The average molecular weight is 255 g/mol. The van der Waals surface area contributed by atoms with Crippen LogP contribution in [0.1, 0.15) is 28.9 Å². The van der Waals surface area contributed by atoms with Crippen LogP contribution in [0.5, 0.6) is 0 Å². The maximum atomic E-state index is 11.3. The number of carbonyl (C=O) groups is 1. The Kier molecular flexibility index (Phi) is 4.18. The van der Waals surface area contributed by atoms with Gasteiger partial charge in [-0.05, 0) is 36.8 Å². The van der Waals surface area contributed by atoms with Crippen molar-refractivity contribution < 1.29 is 9.53 Å². The first-order valence-electron chi connectivity index (χ1n) is 6.20. The SMILES string of the molecule is COC(=O)c1ccc(C(C)Nc2ccccc2)cc1. The van der Waals surface area contributed by atoms with E-state index in [9.17, 15) is 4.79 Å². The molecule has 2 rings (SSSR count). The number of para-hydroxylation sites is 1. The first kappa shape index (κ1) is 13.1. The second kappa shape index (κ2) is 6.05. The molecule has 98 valence electrons. The van der Waals surface area contributed by atoms with Crippen LogP contribution < -0.4 is 5.32 Å². The summed E-state index contributed by atoms with van der Waals surface area (Å²) in [6.45, 7) is 2.08. The first-order chi connectivity index (χ1) is 9.20. The van der Waals surface area contributed by atoms with Crippen LogP contribution >= 0.6 is 0 Å². The Bertz CT molecular complexity index is 534. The minimum atomic E-state index is -0.310. The summed E-state index contributed by atoms with van der Waals surface area (Å²) < 4.78 is 4.68. The summed E-state index contributed by atoms with van der Waals surface area (Å²) in [6, 6.07) is 17.6. The minimum absolute atomic E-state index is 0.175. The summed E-state index contributed by atoms with van der Waals surface area (Å²) in [4.78, 5) is 11.3. The van der Waals surface area contributed by atoms with E-state index >= 15 is 0 Å². The van der Waals surface area contributed by atoms with E-state index < -0.39 is 0 Å². The number of benzene rings is 2. The molecule has 0 radical (unpaired) electrons. The highest BCUT2D eigenvalue weighted by molar-refractivity contribution is 5.89. The minimum Gasteiger partial charge on any atom is -0.465 e. The summed E-state index contributed by atoms with van der Waals surface area (Å²) in [6.07, 6.45) is 0. The van der Waals surface area contributed by atoms with Gasteiger partial charge in [-0.25, -0.2) is 4.79 Å². The van der Waals surface area contributed by atoms with Crippen LogP contribution in [0.4, 0.5) is 5.69 Å². The summed E-state index contributed by atoms with van der Waals surface area (Å²) in [5, 5.41) is 3.40. The number of anilines is 1. The number of methoxy groups -OCH3 is 1. The van der Waals surface area contributed by atoms with Crippen molar-refractivity contribution in [2.24, 2.45) is 0 Å². The highest BCUT2D eigenvalue weighted by Gasteiger charge is 2.08. The summed E-state index contributed by atoms with van der Waals surface area (Å²) in [7, 11) is 1.38. The third-order valence-corrected chi connectivity index (χ3v) is 2.99. The van der Waals surface area contributed by atoms with Crippen molar-refractivity contribution in [3.05, 3.63) is 65.7 Å². The molecule has 0 bridgehead atoms. The van der Waals surface area contributed by atoms with Crippen molar-refractivity contribution in [3.63, 3.8) is 0 Å². The Morgan fingerprint density at radius 1 is 1.05 bits per heavy atom. The lowest BCUT2D eigenvalue weighted by molar-refractivity contribution is 0.0600. The molecule has 1 atom stereocenters. The first-order valence-corrected chi connectivity index (χ1v) is 6.20. The number of ether oxygens (including phenoxy) is 1. The van der Waals surface area contributed by atoms with Crippen LogP contribution in [0.15, 0.2) is 54.6 Å². The zero-order valence-corrected chi connectivity index (χ0v) is 11.1. The molecule has 0 spiro atoms. The Hall–Kier alpha value is -2.29. The van der Waals surface area contributed by atoms with E-state index in [1.54, 1.807) is 12.1 Å². The van der Waals surface area contributed by atoms with E-state index in [1.165, 1.54) is 7.11 Å². The molecule has 0 saturated heterocycles. The van der Waals surface area contributed by atoms with Gasteiger partial charge in [-0.1, -0.05) is 30.3 Å². The van der Waals surface area contributed by atoms with Gasteiger partial charge in [0.15, 0.2) is 0 Å². The fourth-order valence-corrected chi connectivity index (χ4v) is 1.89. The highest BCUT2D eigenvalue weighted by Crippen LogP contribution is 2.19. The molecule has 19 heavy (non-hydrogen) atoms. The van der Waals surface area contributed by atoms with Crippen molar-refractivity contribution >= 4 is 11.7 Å². The van der Waals surface area contributed by atoms with E-state index in [2.05, 4.69) is 17.0 Å². The largest absolute Gasteiger partial charge is 0.465 e. The van der Waals surface area contributed by atoms with Crippen molar-refractivity contribution in [1.29, 1.82) is 0 Å². The molecule has 1 unspecified atom stereocenters. The third-order valence-electron chi connectivity index (χ3n) is 2.99. The second-order valence-electron chi connectivity index (χ2n) is 4.35. The molecule has 2 aromatic carbocycles. The molecule has 0 saturated carbocycles. The van der Waals surface area contributed by atoms with Crippen LogP contribution in [-0.4, -0.2) is 13.1 Å². The zero-order valence-electron chi connectivity index (χ0n) is 11.1. The van der Waals surface area contributed by atoms with Gasteiger partial charge in [-0.3, -0.25) is 0 Å². The maximum Gasteiger partial charge on any atom is 0.337 e. The van der Waals surface area contributed by atoms with Gasteiger partial charge in [0.05, 0.1) is 12.7 Å². The Morgan fingerprint density at radius 3 is 2.26 bits per heavy atom. The predicted molar refractivity (Wildman–Crippen MR) is 76.3 cm³/mol. The van der Waals surface area contributed by atoms with E-state index in [4.69, 9.17) is 0 Å². The van der Waals surface area contributed by atoms with Gasteiger partial charge < -0.3 is 10.1 Å². The lowest BCUT2D eigenvalue weighted by Crippen LogP contribution is -2.07. The van der Waals surface area contributed by atoms with E-state index in [-0.39, 0.29) is 12.0 Å². The summed E-state index contributed by atoms with van der Waals surface area (Å²) in [5.74, 6) is -0.310. The van der Waals surface area contributed by atoms with Gasteiger partial charge in [0.1, 0.15) is 0 Å². The average Bonchev–Trinajstić information content (AvgIpc) is 2.47. The molecule has 0 amide bonds. The normalized spacial score (nSPS) is 11.7. The van der Waals surface area contributed by atoms with Crippen LogP contribution in [0, 0.1) is 0 Å². The monoisotopic (exact) mass is 255 g/mol. The zero-order chi connectivity index (χ0) is 13.7. The van der Waals surface area contributed by atoms with Crippen molar-refractivity contribution in [3.8, 4) is 0 Å². The van der Waals surface area contributed by atoms with Gasteiger partial charge in [-0.15, -0.1) is 0 Å². The number of hydrogen-bond acceptors (Lipinski definition) is 3. The van der Waals surface area contributed by atoms with Crippen molar-refractivity contribution in [1.82, 2.24) is 0 Å². The van der Waals surface area contributed by atoms with Crippen LogP contribution in [0.2, 0.25) is 0 Å². The van der Waals surface area contributed by atoms with Gasteiger partial charge in [0.25, 0.3) is 0 Å². The number of esters is 1. The molecular weight excluding hydrogens is 238 g/mol. The molecule has 0 aliphatic heterocycles. The highest BCUT2D eigenvalue weighted by atomic mass is 16.5. The molecule has 3 nitrogen and oxygen atoms in total. The summed E-state index contributed by atoms with van der Waals surface area (Å²) >= 11 is 0. The summed E-state index contributed by atoms with van der Waals surface area (Å²) in [5.41, 5.74) is 2.77. The molecule has 0 aliphatic rings. The molecule has 0 aliphatic carbocycles. The van der Waals surface area contributed by atoms with E-state index in [0.29, 0.717) is 5.56 Å². The second-order valence-corrected chi connectivity index (χ2v) is 4.35. The van der Waals surface area contributed by atoms with Gasteiger partial charge in [0.2, 0.25) is 0 Å². The molecule has 0 fully saturated rings. The van der Waals surface area contributed by atoms with Crippen molar-refractivity contribution in [2.45, 2.75) is 13.0 Å². The molecular formula is C16H17NO2. The van der Waals surface area contributed by atoms with Crippen LogP contribution in [0.3, 0.4) is 0 Å². The molecule has 0 aromatic heterocycles. The Balaban J connectivity index is 2.07. The maximum absolute atomic E-state index is 11.3. The van der Waals surface area contributed by atoms with Crippen LogP contribution in [0.25, 0.3) is 0 Å². The fraction of sp³-hybridized carbons (Fsp3) is 0.188. The van der Waals surface area contributed by atoms with Gasteiger partial charge >= 0.3 is 5.97 Å². The predicted octanol–water partition coefficient (Wildman–Crippen LogP) is 3.65. The quantitative estimate of drug-likeness (QED) is 0.847. The smallest absolute Gasteiger partial charge is 0.337 e. The van der Waals surface area contributed by atoms with Gasteiger partial charge in [-0.2, -0.15) is 0 Å². The standard InChI is InChI=1S/C16H17NO2/c1-12(17-15-6-4-3-5-7-15)13-8-10-14(11-9-13)16(18)19-2/h3-12,17H,1-2H3. The number of hydrogen-bond donors (Lipinski definition) is 1. The molecule has 0 heterocycles. The van der Waals surface area contributed by atoms with Crippen LogP contribution in [-0.2, 0) is 4.74 Å². The number of carbonyl (C=O) groups excluding carboxylic acids is 1. The lowest BCUT2D eigenvalue weighted by Gasteiger charge is -2.15. The molecule has 3 heteroatoms. The topological polar surface area (TPSA) is 38.3 Å². The third kappa shape index (κ3) is 3.35. The van der Waals surface area contributed by atoms with E-state index in [0.717, 1.165) is 11.3 Å². The Morgan fingerprint density at radius 2 is 1.68 bits per heavy atom. The fourth-order valence-electron chi connectivity index (χ4n) is 1.89.